The van der Waals surface area contributed by atoms with E-state index in [-0.39, 0.29) is 11.7 Å². The van der Waals surface area contributed by atoms with Crippen molar-refractivity contribution in [3.8, 4) is 0 Å². The molecule has 0 atom stereocenters. The number of halogens is 1. The summed E-state index contributed by atoms with van der Waals surface area (Å²) < 4.78 is 0. The Kier molecular flexibility index (Phi) is 3.62. The van der Waals surface area contributed by atoms with E-state index in [0.717, 1.165) is 31.5 Å². The van der Waals surface area contributed by atoms with Gasteiger partial charge in [-0.1, -0.05) is 23.7 Å². The van der Waals surface area contributed by atoms with Gasteiger partial charge in [-0.15, -0.1) is 0 Å². The van der Waals surface area contributed by atoms with Crippen LogP contribution < -0.4 is 0 Å². The molecule has 0 N–H and O–H groups in total. The number of hydrogen-bond acceptors (Lipinski definition) is 2. The summed E-state index contributed by atoms with van der Waals surface area (Å²) in [4.78, 5) is 14.4. The Morgan fingerprint density at radius 2 is 2.06 bits per heavy atom. The lowest BCUT2D eigenvalue weighted by molar-refractivity contribution is 0.0857. The largest absolute Gasteiger partial charge is 0.306 e. The van der Waals surface area contributed by atoms with Gasteiger partial charge in [0.25, 0.3) is 0 Å². The Hall–Kier alpha value is -0.860. The molecular formula is C13H16ClNO. The van der Waals surface area contributed by atoms with Crippen LogP contribution in [0.3, 0.4) is 0 Å². The number of hydrogen-bond donors (Lipinski definition) is 0. The molecule has 0 radical (unpaired) electrons. The summed E-state index contributed by atoms with van der Waals surface area (Å²) in [5, 5.41) is 0.638. The van der Waals surface area contributed by atoms with E-state index in [1.807, 2.05) is 12.1 Å². The summed E-state index contributed by atoms with van der Waals surface area (Å²) in [6.45, 7) is 2.02. The fraction of sp³-hybridized carbons (Fsp3) is 0.462. The average Bonchev–Trinajstić information content (AvgIpc) is 2.29. The molecule has 0 unspecified atom stereocenters. The van der Waals surface area contributed by atoms with Crippen LogP contribution in [0.2, 0.25) is 5.02 Å². The minimum Gasteiger partial charge on any atom is -0.306 e. The molecule has 1 aliphatic rings. The van der Waals surface area contributed by atoms with E-state index in [1.165, 1.54) is 0 Å². The van der Waals surface area contributed by atoms with E-state index in [2.05, 4.69) is 11.9 Å². The molecule has 1 aromatic carbocycles. The highest BCUT2D eigenvalue weighted by atomic mass is 35.5. The quantitative estimate of drug-likeness (QED) is 0.738. The van der Waals surface area contributed by atoms with Crippen LogP contribution in [0.25, 0.3) is 0 Å². The van der Waals surface area contributed by atoms with Crippen molar-refractivity contribution < 1.29 is 4.79 Å². The van der Waals surface area contributed by atoms with Gasteiger partial charge in [-0.05, 0) is 45.1 Å². The normalized spacial score (nSPS) is 18.6. The predicted octanol–water partition coefficient (Wildman–Crippen LogP) is 2.86. The maximum absolute atomic E-state index is 12.2. The summed E-state index contributed by atoms with van der Waals surface area (Å²) in [5.74, 6) is 0.422. The van der Waals surface area contributed by atoms with Gasteiger partial charge in [-0.25, -0.2) is 0 Å². The van der Waals surface area contributed by atoms with Gasteiger partial charge in [0.15, 0.2) is 5.78 Å². The Morgan fingerprint density at radius 1 is 1.38 bits per heavy atom. The number of carbonyl (C=O) groups excluding carboxylic acids is 1. The van der Waals surface area contributed by atoms with E-state index in [9.17, 15) is 4.79 Å². The van der Waals surface area contributed by atoms with Gasteiger partial charge in [0.1, 0.15) is 0 Å². The number of benzene rings is 1. The number of carbonyl (C=O) groups is 1. The Bertz CT molecular complexity index is 383. The number of piperidine rings is 1. The molecule has 1 fully saturated rings. The van der Waals surface area contributed by atoms with Crippen molar-refractivity contribution in [2.45, 2.75) is 12.8 Å². The maximum atomic E-state index is 12.2. The van der Waals surface area contributed by atoms with Crippen molar-refractivity contribution in [1.29, 1.82) is 0 Å². The van der Waals surface area contributed by atoms with Gasteiger partial charge in [0.2, 0.25) is 0 Å². The second-order valence-electron chi connectivity index (χ2n) is 4.45. The first kappa shape index (κ1) is 11.6. The van der Waals surface area contributed by atoms with Crippen LogP contribution in [0.1, 0.15) is 23.2 Å². The maximum Gasteiger partial charge on any atom is 0.166 e. The van der Waals surface area contributed by atoms with Crippen LogP contribution in [0, 0.1) is 5.92 Å². The van der Waals surface area contributed by atoms with Crippen LogP contribution in [-0.4, -0.2) is 30.8 Å². The molecule has 1 aliphatic heterocycles. The molecule has 2 nitrogen and oxygen atoms in total. The van der Waals surface area contributed by atoms with Crippen molar-refractivity contribution in [2.75, 3.05) is 20.1 Å². The van der Waals surface area contributed by atoms with Crippen LogP contribution in [0.5, 0.6) is 0 Å². The first-order valence-corrected chi connectivity index (χ1v) is 6.03. The summed E-state index contributed by atoms with van der Waals surface area (Å²) in [6, 6.07) is 7.26. The molecule has 0 aromatic heterocycles. The molecule has 0 saturated carbocycles. The summed E-state index contributed by atoms with van der Waals surface area (Å²) in [5.41, 5.74) is 0.752. The number of ketones is 1. The van der Waals surface area contributed by atoms with E-state index >= 15 is 0 Å². The Balaban J connectivity index is 2.08. The lowest BCUT2D eigenvalue weighted by Gasteiger charge is -2.28. The van der Waals surface area contributed by atoms with Gasteiger partial charge in [0.05, 0.1) is 0 Å². The summed E-state index contributed by atoms with van der Waals surface area (Å²) in [6.07, 6.45) is 1.92. The molecule has 0 aliphatic carbocycles. The third kappa shape index (κ3) is 2.63. The second kappa shape index (κ2) is 4.98. The molecule has 0 amide bonds. The Labute approximate surface area is 101 Å². The van der Waals surface area contributed by atoms with Crippen molar-refractivity contribution in [2.24, 2.45) is 5.92 Å². The van der Waals surface area contributed by atoms with E-state index < -0.39 is 0 Å². The molecule has 0 bridgehead atoms. The van der Waals surface area contributed by atoms with E-state index in [0.29, 0.717) is 5.02 Å². The van der Waals surface area contributed by atoms with E-state index in [1.54, 1.807) is 12.1 Å². The number of Topliss-reactive ketones (excluding diaryl/α,β-unsaturated/α-hetero) is 1. The highest BCUT2D eigenvalue weighted by Gasteiger charge is 2.24. The average molecular weight is 238 g/mol. The molecule has 1 aromatic rings. The second-order valence-corrected chi connectivity index (χ2v) is 4.89. The topological polar surface area (TPSA) is 20.3 Å². The highest BCUT2D eigenvalue weighted by molar-refractivity contribution is 6.31. The molecular weight excluding hydrogens is 222 g/mol. The lowest BCUT2D eigenvalue weighted by atomic mass is 9.89. The van der Waals surface area contributed by atoms with Crippen molar-refractivity contribution in [1.82, 2.24) is 4.90 Å². The van der Waals surface area contributed by atoms with Gasteiger partial charge in [-0.2, -0.15) is 0 Å². The zero-order chi connectivity index (χ0) is 11.5. The van der Waals surface area contributed by atoms with Crippen molar-refractivity contribution in [3.05, 3.63) is 34.9 Å². The SMILES string of the molecule is CN1CCC(C(=O)c2cccc(Cl)c2)CC1. The van der Waals surface area contributed by atoms with Crippen LogP contribution >= 0.6 is 11.6 Å². The van der Waals surface area contributed by atoms with E-state index in [4.69, 9.17) is 11.6 Å². The summed E-state index contributed by atoms with van der Waals surface area (Å²) in [7, 11) is 2.10. The lowest BCUT2D eigenvalue weighted by Crippen LogP contribution is -2.33. The predicted molar refractivity (Wildman–Crippen MR) is 66.0 cm³/mol. The highest BCUT2D eigenvalue weighted by Crippen LogP contribution is 2.22. The third-order valence-electron chi connectivity index (χ3n) is 3.20. The van der Waals surface area contributed by atoms with Gasteiger partial charge in [0, 0.05) is 16.5 Å². The molecule has 3 heteroatoms. The molecule has 0 spiro atoms. The van der Waals surface area contributed by atoms with Crippen LogP contribution in [0.4, 0.5) is 0 Å². The van der Waals surface area contributed by atoms with Crippen LogP contribution in [0.15, 0.2) is 24.3 Å². The minimum absolute atomic E-state index is 0.176. The third-order valence-corrected chi connectivity index (χ3v) is 3.43. The molecule has 86 valence electrons. The van der Waals surface area contributed by atoms with Crippen LogP contribution in [-0.2, 0) is 0 Å². The number of likely N-dealkylation sites (tertiary alicyclic amines) is 1. The fourth-order valence-electron chi connectivity index (χ4n) is 2.15. The molecule has 1 heterocycles. The van der Waals surface area contributed by atoms with Gasteiger partial charge >= 0.3 is 0 Å². The molecule has 16 heavy (non-hydrogen) atoms. The first-order valence-electron chi connectivity index (χ1n) is 5.65. The van der Waals surface area contributed by atoms with Gasteiger partial charge in [-0.3, -0.25) is 4.79 Å². The zero-order valence-electron chi connectivity index (χ0n) is 9.45. The molecule has 2 rings (SSSR count). The summed E-state index contributed by atoms with van der Waals surface area (Å²) >= 11 is 5.89. The minimum atomic E-state index is 0.176. The number of nitrogens with zero attached hydrogens (tertiary/aromatic N) is 1. The first-order chi connectivity index (χ1) is 7.66. The molecule has 1 saturated heterocycles. The zero-order valence-corrected chi connectivity index (χ0v) is 10.2. The van der Waals surface area contributed by atoms with Crippen molar-refractivity contribution >= 4 is 17.4 Å². The van der Waals surface area contributed by atoms with Gasteiger partial charge < -0.3 is 4.90 Å². The fourth-order valence-corrected chi connectivity index (χ4v) is 2.34. The van der Waals surface area contributed by atoms with Crippen molar-refractivity contribution in [3.63, 3.8) is 0 Å². The number of rotatable bonds is 2. The Morgan fingerprint density at radius 3 is 2.69 bits per heavy atom. The standard InChI is InChI=1S/C13H16ClNO/c1-15-7-5-10(6-8-15)13(16)11-3-2-4-12(14)9-11/h2-4,9-10H,5-8H2,1H3. The smallest absolute Gasteiger partial charge is 0.166 e. The monoisotopic (exact) mass is 237 g/mol.